The molecular formula is C55H37NO. The molecule has 11 rings (SSSR count). The molecule has 0 amide bonds. The number of hydrogen-bond acceptors (Lipinski definition) is 2. The Morgan fingerprint density at radius 3 is 1.42 bits per heavy atom. The van der Waals surface area contributed by atoms with Crippen LogP contribution in [-0.4, -0.2) is 0 Å². The van der Waals surface area contributed by atoms with Crippen molar-refractivity contribution in [1.82, 2.24) is 0 Å². The van der Waals surface area contributed by atoms with Gasteiger partial charge in [0, 0.05) is 33.3 Å². The Balaban J connectivity index is 1.17. The number of rotatable bonds is 7. The van der Waals surface area contributed by atoms with Crippen molar-refractivity contribution in [3.05, 3.63) is 247 Å². The SMILES string of the molecule is c1ccc(-c2ccc3c(oc4c(-c5ccccc5)cccc43)c2N(c2ccccc2)c2ccc(C3(c4ccccc4)c4ccccc4-c4ccccc43)cc2)cc1. The fourth-order valence-corrected chi connectivity index (χ4v) is 9.32. The van der Waals surface area contributed by atoms with Gasteiger partial charge < -0.3 is 9.32 Å². The van der Waals surface area contributed by atoms with Crippen molar-refractivity contribution in [3.8, 4) is 33.4 Å². The smallest absolute Gasteiger partial charge is 0.160 e. The van der Waals surface area contributed by atoms with Gasteiger partial charge in [-0.25, -0.2) is 0 Å². The van der Waals surface area contributed by atoms with Crippen molar-refractivity contribution in [2.45, 2.75) is 5.41 Å². The molecule has 0 N–H and O–H groups in total. The summed E-state index contributed by atoms with van der Waals surface area (Å²) in [6, 6.07) is 80.9. The van der Waals surface area contributed by atoms with Crippen LogP contribution in [-0.2, 0) is 5.41 Å². The maximum absolute atomic E-state index is 7.17. The van der Waals surface area contributed by atoms with Crippen molar-refractivity contribution in [3.63, 3.8) is 0 Å². The zero-order chi connectivity index (χ0) is 37.8. The molecule has 268 valence electrons. The van der Waals surface area contributed by atoms with E-state index in [2.05, 4.69) is 229 Å². The minimum absolute atomic E-state index is 0.480. The molecule has 0 fully saturated rings. The molecule has 1 aliphatic carbocycles. The molecule has 57 heavy (non-hydrogen) atoms. The summed E-state index contributed by atoms with van der Waals surface area (Å²) in [6.45, 7) is 0. The fourth-order valence-electron chi connectivity index (χ4n) is 9.32. The Morgan fingerprint density at radius 2 is 0.789 bits per heavy atom. The third-order valence-electron chi connectivity index (χ3n) is 11.8. The predicted octanol–water partition coefficient (Wildman–Crippen LogP) is 14.8. The molecule has 0 saturated heterocycles. The van der Waals surface area contributed by atoms with Crippen molar-refractivity contribution < 1.29 is 4.42 Å². The summed E-state index contributed by atoms with van der Waals surface area (Å²) in [4.78, 5) is 2.38. The van der Waals surface area contributed by atoms with Crippen LogP contribution in [0.1, 0.15) is 22.3 Å². The molecule has 2 heteroatoms. The number of benzene rings is 9. The third kappa shape index (κ3) is 5.11. The zero-order valence-corrected chi connectivity index (χ0v) is 31.2. The van der Waals surface area contributed by atoms with Crippen LogP contribution in [0.15, 0.2) is 229 Å². The Morgan fingerprint density at radius 1 is 0.316 bits per heavy atom. The Bertz CT molecular complexity index is 2990. The summed E-state index contributed by atoms with van der Waals surface area (Å²) in [5, 5.41) is 2.18. The Kier molecular flexibility index (Phi) is 7.75. The minimum Gasteiger partial charge on any atom is -0.453 e. The molecule has 0 aliphatic heterocycles. The number of fused-ring (bicyclic) bond motifs is 6. The highest BCUT2D eigenvalue weighted by Gasteiger charge is 2.45. The summed E-state index contributed by atoms with van der Waals surface area (Å²) >= 11 is 0. The molecule has 10 aromatic rings. The molecule has 0 unspecified atom stereocenters. The van der Waals surface area contributed by atoms with Crippen LogP contribution in [0.3, 0.4) is 0 Å². The highest BCUT2D eigenvalue weighted by atomic mass is 16.3. The molecule has 2 nitrogen and oxygen atoms in total. The Labute approximate surface area is 332 Å². The van der Waals surface area contributed by atoms with Gasteiger partial charge in [0.1, 0.15) is 5.58 Å². The molecule has 0 saturated carbocycles. The molecular weight excluding hydrogens is 691 g/mol. The van der Waals surface area contributed by atoms with Crippen LogP contribution >= 0.6 is 0 Å². The summed E-state index contributed by atoms with van der Waals surface area (Å²) in [5.41, 5.74) is 16.4. The van der Waals surface area contributed by atoms with E-state index in [9.17, 15) is 0 Å². The van der Waals surface area contributed by atoms with Crippen LogP contribution in [0.5, 0.6) is 0 Å². The van der Waals surface area contributed by atoms with E-state index < -0.39 is 5.41 Å². The fraction of sp³-hybridized carbons (Fsp3) is 0.0182. The topological polar surface area (TPSA) is 16.4 Å². The quantitative estimate of drug-likeness (QED) is 0.163. The minimum atomic E-state index is -0.480. The van der Waals surface area contributed by atoms with Crippen LogP contribution in [0.4, 0.5) is 17.1 Å². The van der Waals surface area contributed by atoms with Crippen LogP contribution in [0.2, 0.25) is 0 Å². The summed E-state index contributed by atoms with van der Waals surface area (Å²) in [7, 11) is 0. The third-order valence-corrected chi connectivity index (χ3v) is 11.8. The number of nitrogens with zero attached hydrogens (tertiary/aromatic N) is 1. The van der Waals surface area contributed by atoms with Gasteiger partial charge in [-0.15, -0.1) is 0 Å². The standard InChI is InChI=1S/C55H37NO/c1-5-18-38(19-6-1)44-36-37-49-48-29-17-28-45(39-20-7-2-8-21-39)53(48)57-54(49)52(44)56(42-24-11-4-12-25-42)43-34-32-41(33-35-43)55(40-22-9-3-10-23-40)50-30-15-13-26-46(50)47-27-14-16-31-51(47)55/h1-37H. The molecule has 1 aliphatic rings. The van der Waals surface area contributed by atoms with Crippen molar-refractivity contribution in [2.24, 2.45) is 0 Å². The van der Waals surface area contributed by atoms with E-state index in [1.807, 2.05) is 0 Å². The van der Waals surface area contributed by atoms with E-state index >= 15 is 0 Å². The van der Waals surface area contributed by atoms with Gasteiger partial charge in [-0.3, -0.25) is 0 Å². The lowest BCUT2D eigenvalue weighted by molar-refractivity contribution is 0.670. The number of furan rings is 1. The summed E-state index contributed by atoms with van der Waals surface area (Å²) < 4.78 is 7.17. The lowest BCUT2D eigenvalue weighted by Crippen LogP contribution is -2.28. The predicted molar refractivity (Wildman–Crippen MR) is 237 cm³/mol. The summed E-state index contributed by atoms with van der Waals surface area (Å²) in [5.74, 6) is 0. The second-order valence-electron chi connectivity index (χ2n) is 14.8. The van der Waals surface area contributed by atoms with E-state index in [0.29, 0.717) is 0 Å². The normalized spacial score (nSPS) is 12.7. The molecule has 1 aromatic heterocycles. The highest BCUT2D eigenvalue weighted by Crippen LogP contribution is 2.56. The second kappa shape index (κ2) is 13.4. The molecule has 0 atom stereocenters. The monoisotopic (exact) mass is 727 g/mol. The van der Waals surface area contributed by atoms with E-state index in [1.165, 1.54) is 33.4 Å². The highest BCUT2D eigenvalue weighted by molar-refractivity contribution is 6.16. The van der Waals surface area contributed by atoms with Gasteiger partial charge in [-0.2, -0.15) is 0 Å². The van der Waals surface area contributed by atoms with Gasteiger partial charge in [0.2, 0.25) is 0 Å². The molecule has 0 bridgehead atoms. The Hall–Kier alpha value is -7.42. The molecule has 9 aromatic carbocycles. The first kappa shape index (κ1) is 33.0. The van der Waals surface area contributed by atoms with Crippen LogP contribution in [0, 0.1) is 0 Å². The van der Waals surface area contributed by atoms with Crippen LogP contribution in [0.25, 0.3) is 55.3 Å². The van der Waals surface area contributed by atoms with Gasteiger partial charge in [-0.1, -0.05) is 194 Å². The van der Waals surface area contributed by atoms with Gasteiger partial charge in [0.15, 0.2) is 5.58 Å². The average molecular weight is 728 g/mol. The first-order valence-electron chi connectivity index (χ1n) is 19.6. The maximum atomic E-state index is 7.17. The van der Waals surface area contributed by atoms with E-state index in [1.54, 1.807) is 0 Å². The maximum Gasteiger partial charge on any atom is 0.160 e. The van der Waals surface area contributed by atoms with Crippen molar-refractivity contribution in [1.29, 1.82) is 0 Å². The van der Waals surface area contributed by atoms with Gasteiger partial charge in [0.05, 0.1) is 11.1 Å². The average Bonchev–Trinajstić information content (AvgIpc) is 3.83. The van der Waals surface area contributed by atoms with Gasteiger partial charge in [-0.05, 0) is 74.8 Å². The van der Waals surface area contributed by atoms with Crippen molar-refractivity contribution in [2.75, 3.05) is 4.90 Å². The lowest BCUT2D eigenvalue weighted by Gasteiger charge is -2.34. The second-order valence-corrected chi connectivity index (χ2v) is 14.8. The molecule has 1 heterocycles. The zero-order valence-electron chi connectivity index (χ0n) is 31.2. The number of anilines is 3. The van der Waals surface area contributed by atoms with Gasteiger partial charge >= 0.3 is 0 Å². The lowest BCUT2D eigenvalue weighted by atomic mass is 9.68. The molecule has 0 radical (unpaired) electrons. The van der Waals surface area contributed by atoms with E-state index in [0.717, 1.165) is 61.3 Å². The largest absolute Gasteiger partial charge is 0.453 e. The van der Waals surface area contributed by atoms with Crippen LogP contribution < -0.4 is 4.90 Å². The molecule has 0 spiro atoms. The summed E-state index contributed by atoms with van der Waals surface area (Å²) in [6.07, 6.45) is 0. The van der Waals surface area contributed by atoms with Gasteiger partial charge in [0.25, 0.3) is 0 Å². The first-order chi connectivity index (χ1) is 28.3. The number of hydrogen-bond donors (Lipinski definition) is 0. The van der Waals surface area contributed by atoms with E-state index in [4.69, 9.17) is 4.42 Å². The van der Waals surface area contributed by atoms with E-state index in [-0.39, 0.29) is 0 Å². The number of para-hydroxylation sites is 2. The first-order valence-corrected chi connectivity index (χ1v) is 19.6. The van der Waals surface area contributed by atoms with Crippen molar-refractivity contribution >= 4 is 39.0 Å².